The second-order valence-electron chi connectivity index (χ2n) is 5.48. The van der Waals surface area contributed by atoms with E-state index in [1.807, 2.05) is 24.3 Å². The highest BCUT2D eigenvalue weighted by molar-refractivity contribution is 5.95. The first-order chi connectivity index (χ1) is 11.0. The maximum atomic E-state index is 11.8. The van der Waals surface area contributed by atoms with Gasteiger partial charge in [0.05, 0.1) is 6.42 Å². The zero-order chi connectivity index (χ0) is 16.8. The van der Waals surface area contributed by atoms with Crippen LogP contribution in [-0.4, -0.2) is 47.9 Å². The summed E-state index contributed by atoms with van der Waals surface area (Å²) < 4.78 is 0. The minimum atomic E-state index is -0.930. The summed E-state index contributed by atoms with van der Waals surface area (Å²) in [5, 5.41) is 8.60. The fourth-order valence-corrected chi connectivity index (χ4v) is 2.35. The van der Waals surface area contributed by atoms with Crippen molar-refractivity contribution in [1.82, 2.24) is 4.90 Å². The van der Waals surface area contributed by atoms with Gasteiger partial charge in [-0.15, -0.1) is 0 Å². The fourth-order valence-electron chi connectivity index (χ4n) is 2.35. The molecule has 1 aliphatic rings. The monoisotopic (exact) mass is 316 g/mol. The normalized spacial score (nSPS) is 14.5. The Morgan fingerprint density at radius 1 is 1.30 bits per heavy atom. The Labute approximate surface area is 135 Å². The number of carboxylic acids is 1. The van der Waals surface area contributed by atoms with Crippen molar-refractivity contribution in [3.05, 3.63) is 35.9 Å². The van der Waals surface area contributed by atoms with E-state index in [2.05, 4.69) is 0 Å². The Morgan fingerprint density at radius 3 is 2.57 bits per heavy atom. The molecule has 6 nitrogen and oxygen atoms in total. The maximum absolute atomic E-state index is 11.8. The molecule has 2 rings (SSSR count). The molecule has 122 valence electrons. The Kier molecular flexibility index (Phi) is 5.51. The molecular formula is C17H20N2O4. The lowest BCUT2D eigenvalue weighted by atomic mass is 10.2. The minimum Gasteiger partial charge on any atom is -0.481 e. The van der Waals surface area contributed by atoms with Crippen molar-refractivity contribution in [2.45, 2.75) is 19.3 Å². The number of aliphatic carboxylic acids is 1. The highest BCUT2D eigenvalue weighted by Crippen LogP contribution is 2.21. The number of carbonyl (C=O) groups excluding carboxylic acids is 2. The van der Waals surface area contributed by atoms with E-state index in [4.69, 9.17) is 5.11 Å². The van der Waals surface area contributed by atoms with Crippen LogP contribution in [0, 0.1) is 0 Å². The molecule has 1 N–H and O–H groups in total. The number of carbonyl (C=O) groups is 3. The van der Waals surface area contributed by atoms with Gasteiger partial charge in [-0.25, -0.2) is 0 Å². The zero-order valence-corrected chi connectivity index (χ0v) is 13.1. The molecule has 0 saturated carbocycles. The standard InChI is InChI=1S/C17H20N2O4/c1-18(12-10-17(22)23)15(20)9-6-13-4-7-14(8-5-13)19-11-2-3-16(19)21/h4-9H,2-3,10-12H2,1H3,(H,22,23)/b9-6+. The molecule has 0 bridgehead atoms. The number of rotatable bonds is 6. The molecule has 0 spiro atoms. The van der Waals surface area contributed by atoms with Crippen LogP contribution in [0.5, 0.6) is 0 Å². The zero-order valence-electron chi connectivity index (χ0n) is 13.1. The number of amides is 2. The lowest BCUT2D eigenvalue weighted by Crippen LogP contribution is -2.27. The second-order valence-corrected chi connectivity index (χ2v) is 5.48. The van der Waals surface area contributed by atoms with Gasteiger partial charge in [0.15, 0.2) is 0 Å². The molecule has 1 fully saturated rings. The van der Waals surface area contributed by atoms with E-state index in [-0.39, 0.29) is 24.8 Å². The average molecular weight is 316 g/mol. The number of nitrogens with zero attached hydrogens (tertiary/aromatic N) is 2. The van der Waals surface area contributed by atoms with Gasteiger partial charge in [0.1, 0.15) is 0 Å². The molecule has 2 amide bonds. The Morgan fingerprint density at radius 2 is 2.00 bits per heavy atom. The summed E-state index contributed by atoms with van der Waals surface area (Å²) in [5.74, 6) is -1.03. The Hall–Kier alpha value is -2.63. The minimum absolute atomic E-state index is 0.0748. The molecule has 0 radical (unpaired) electrons. The highest BCUT2D eigenvalue weighted by Gasteiger charge is 2.21. The second kappa shape index (κ2) is 7.58. The van der Waals surface area contributed by atoms with E-state index in [0.29, 0.717) is 6.42 Å². The molecule has 6 heteroatoms. The predicted octanol–water partition coefficient (Wildman–Crippen LogP) is 1.76. The predicted molar refractivity (Wildman–Crippen MR) is 87.0 cm³/mol. The molecule has 1 heterocycles. The Balaban J connectivity index is 1.93. The summed E-state index contributed by atoms with van der Waals surface area (Å²) in [6, 6.07) is 7.42. The lowest BCUT2D eigenvalue weighted by molar-refractivity contribution is -0.137. The molecule has 1 aliphatic heterocycles. The van der Waals surface area contributed by atoms with Gasteiger partial charge < -0.3 is 14.9 Å². The molecule has 0 atom stereocenters. The van der Waals surface area contributed by atoms with Crippen molar-refractivity contribution in [3.63, 3.8) is 0 Å². The fraction of sp³-hybridized carbons (Fsp3) is 0.353. The molecular weight excluding hydrogens is 296 g/mol. The van der Waals surface area contributed by atoms with Gasteiger partial charge in [-0.05, 0) is 30.2 Å². The summed E-state index contributed by atoms with van der Waals surface area (Å²) in [5.41, 5.74) is 1.72. The van der Waals surface area contributed by atoms with Crippen molar-refractivity contribution in [3.8, 4) is 0 Å². The Bertz CT molecular complexity index is 622. The highest BCUT2D eigenvalue weighted by atomic mass is 16.4. The van der Waals surface area contributed by atoms with Gasteiger partial charge in [-0.2, -0.15) is 0 Å². The molecule has 0 aromatic heterocycles. The quantitative estimate of drug-likeness (QED) is 0.811. The summed E-state index contributed by atoms with van der Waals surface area (Å²) >= 11 is 0. The first-order valence-electron chi connectivity index (χ1n) is 7.53. The third kappa shape index (κ3) is 4.67. The summed E-state index contributed by atoms with van der Waals surface area (Å²) in [6.07, 6.45) is 4.50. The van der Waals surface area contributed by atoms with Gasteiger partial charge in [-0.1, -0.05) is 12.1 Å². The topological polar surface area (TPSA) is 77.9 Å². The van der Waals surface area contributed by atoms with E-state index in [9.17, 15) is 14.4 Å². The SMILES string of the molecule is CN(CCC(=O)O)C(=O)/C=C/c1ccc(N2CCCC2=O)cc1. The van der Waals surface area contributed by atoms with Gasteiger partial charge >= 0.3 is 5.97 Å². The van der Waals surface area contributed by atoms with E-state index in [0.717, 1.165) is 24.2 Å². The van der Waals surface area contributed by atoms with Gasteiger partial charge in [0, 0.05) is 38.3 Å². The summed E-state index contributed by atoms with van der Waals surface area (Å²) in [4.78, 5) is 37.1. The van der Waals surface area contributed by atoms with Crippen LogP contribution in [0.4, 0.5) is 5.69 Å². The number of hydrogen-bond acceptors (Lipinski definition) is 3. The van der Waals surface area contributed by atoms with Crippen LogP contribution < -0.4 is 4.90 Å². The van der Waals surface area contributed by atoms with Crippen molar-refractivity contribution < 1.29 is 19.5 Å². The van der Waals surface area contributed by atoms with E-state index < -0.39 is 5.97 Å². The number of anilines is 1. The van der Waals surface area contributed by atoms with Crippen LogP contribution in [0.2, 0.25) is 0 Å². The van der Waals surface area contributed by atoms with Crippen LogP contribution in [0.25, 0.3) is 6.08 Å². The van der Waals surface area contributed by atoms with E-state index in [1.54, 1.807) is 18.0 Å². The molecule has 1 aromatic rings. The molecule has 23 heavy (non-hydrogen) atoms. The first-order valence-corrected chi connectivity index (χ1v) is 7.53. The maximum Gasteiger partial charge on any atom is 0.305 e. The van der Waals surface area contributed by atoms with Crippen LogP contribution in [0.15, 0.2) is 30.3 Å². The van der Waals surface area contributed by atoms with Crippen molar-refractivity contribution in [2.75, 3.05) is 25.0 Å². The molecule has 1 saturated heterocycles. The van der Waals surface area contributed by atoms with Crippen molar-refractivity contribution >= 4 is 29.5 Å². The van der Waals surface area contributed by atoms with Crippen LogP contribution in [0.1, 0.15) is 24.8 Å². The van der Waals surface area contributed by atoms with E-state index in [1.165, 1.54) is 11.0 Å². The third-order valence-corrected chi connectivity index (χ3v) is 3.73. The van der Waals surface area contributed by atoms with Crippen molar-refractivity contribution in [1.29, 1.82) is 0 Å². The number of hydrogen-bond donors (Lipinski definition) is 1. The lowest BCUT2D eigenvalue weighted by Gasteiger charge is -2.15. The molecule has 0 unspecified atom stereocenters. The van der Waals surface area contributed by atoms with Gasteiger partial charge in [0.2, 0.25) is 11.8 Å². The first kappa shape index (κ1) is 16.7. The van der Waals surface area contributed by atoms with Gasteiger partial charge in [0.25, 0.3) is 0 Å². The largest absolute Gasteiger partial charge is 0.481 e. The van der Waals surface area contributed by atoms with Crippen molar-refractivity contribution in [2.24, 2.45) is 0 Å². The van der Waals surface area contributed by atoms with Gasteiger partial charge in [-0.3, -0.25) is 14.4 Å². The summed E-state index contributed by atoms with van der Waals surface area (Å²) in [6.45, 7) is 0.926. The number of likely N-dealkylation sites (N-methyl/N-ethyl adjacent to an activating group) is 1. The molecule has 0 aliphatic carbocycles. The molecule has 1 aromatic carbocycles. The average Bonchev–Trinajstić information content (AvgIpc) is 2.96. The van der Waals surface area contributed by atoms with Crippen LogP contribution in [-0.2, 0) is 14.4 Å². The number of carboxylic acid groups (broad SMARTS) is 1. The number of benzene rings is 1. The van der Waals surface area contributed by atoms with E-state index >= 15 is 0 Å². The smallest absolute Gasteiger partial charge is 0.305 e. The summed E-state index contributed by atoms with van der Waals surface area (Å²) in [7, 11) is 1.57. The third-order valence-electron chi connectivity index (χ3n) is 3.73. The van der Waals surface area contributed by atoms with Crippen LogP contribution >= 0.6 is 0 Å². The van der Waals surface area contributed by atoms with Crippen LogP contribution in [0.3, 0.4) is 0 Å².